The van der Waals surface area contributed by atoms with Gasteiger partial charge in [0.2, 0.25) is 6.41 Å². The highest BCUT2D eigenvalue weighted by Crippen LogP contribution is 2.17. The quantitative estimate of drug-likeness (QED) is 0.133. The molecular formula is C31H61N5O5. The molecule has 1 fully saturated rings. The Morgan fingerprint density at radius 1 is 1.15 bits per heavy atom. The van der Waals surface area contributed by atoms with Crippen LogP contribution < -0.4 is 21.3 Å². The Labute approximate surface area is 251 Å². The third-order valence-corrected chi connectivity index (χ3v) is 5.08. The largest absolute Gasteiger partial charge is 0.355 e. The molecule has 0 aliphatic carbocycles. The van der Waals surface area contributed by atoms with Crippen molar-refractivity contribution in [2.75, 3.05) is 34.2 Å². The van der Waals surface area contributed by atoms with Gasteiger partial charge in [-0.05, 0) is 52.2 Å². The van der Waals surface area contributed by atoms with E-state index >= 15 is 0 Å². The third kappa shape index (κ3) is 34.9. The summed E-state index contributed by atoms with van der Waals surface area (Å²) < 4.78 is 0. The number of likely N-dealkylation sites (tertiary alicyclic amines) is 1. The highest BCUT2D eigenvalue weighted by Gasteiger charge is 2.25. The molecule has 1 rings (SSSR count). The fourth-order valence-electron chi connectivity index (χ4n) is 2.69. The minimum Gasteiger partial charge on any atom is -0.355 e. The molecule has 41 heavy (non-hydrogen) atoms. The fourth-order valence-corrected chi connectivity index (χ4v) is 2.69. The van der Waals surface area contributed by atoms with Crippen molar-refractivity contribution in [3.8, 4) is 12.3 Å². The molecule has 1 aliphatic heterocycles. The van der Waals surface area contributed by atoms with Gasteiger partial charge in [0.15, 0.2) is 0 Å². The van der Waals surface area contributed by atoms with Crippen LogP contribution in [0.15, 0.2) is 12.7 Å². The van der Waals surface area contributed by atoms with Crippen molar-refractivity contribution >= 4 is 30.8 Å². The smallest absolute Gasteiger partial charge is 0.315 e. The van der Waals surface area contributed by atoms with Gasteiger partial charge >= 0.3 is 6.03 Å². The first-order valence-electron chi connectivity index (χ1n) is 14.3. The second kappa shape index (κ2) is 35.0. The minimum atomic E-state index is -0.447. The van der Waals surface area contributed by atoms with Gasteiger partial charge in [0.1, 0.15) is 18.4 Å². The number of Topliss-reactive ketones (excluding diaryl/α,β-unsaturated/α-hetero) is 1. The van der Waals surface area contributed by atoms with Gasteiger partial charge in [0, 0.05) is 20.0 Å². The van der Waals surface area contributed by atoms with E-state index in [4.69, 9.17) is 6.42 Å². The van der Waals surface area contributed by atoms with Crippen molar-refractivity contribution < 1.29 is 24.0 Å². The second-order valence-corrected chi connectivity index (χ2v) is 9.75. The lowest BCUT2D eigenvalue weighted by Crippen LogP contribution is -2.48. The van der Waals surface area contributed by atoms with Crippen LogP contribution >= 0.6 is 0 Å². The summed E-state index contributed by atoms with van der Waals surface area (Å²) in [6, 6.07) is -0.620. The lowest BCUT2D eigenvalue weighted by Gasteiger charge is -2.26. The predicted octanol–water partition coefficient (Wildman–Crippen LogP) is 3.75. The molecule has 3 unspecified atom stereocenters. The van der Waals surface area contributed by atoms with Crippen LogP contribution in [-0.4, -0.2) is 88.1 Å². The predicted molar refractivity (Wildman–Crippen MR) is 172 cm³/mol. The first kappa shape index (κ1) is 47.7. The van der Waals surface area contributed by atoms with Crippen LogP contribution in [0.2, 0.25) is 0 Å². The molecule has 0 saturated carbocycles. The summed E-state index contributed by atoms with van der Waals surface area (Å²) in [5.74, 6) is 2.65. The van der Waals surface area contributed by atoms with Crippen LogP contribution in [0.1, 0.15) is 87.5 Å². The number of carbonyl (C=O) groups is 5. The Hall–Kier alpha value is -3.03. The molecule has 0 aromatic carbocycles. The van der Waals surface area contributed by atoms with E-state index in [1.165, 1.54) is 19.9 Å². The van der Waals surface area contributed by atoms with Gasteiger partial charge in [0.25, 0.3) is 0 Å². The summed E-state index contributed by atoms with van der Waals surface area (Å²) in [6.07, 6.45) is 14.0. The molecule has 3 atom stereocenters. The van der Waals surface area contributed by atoms with Gasteiger partial charge < -0.3 is 30.9 Å². The average Bonchev–Trinajstić information content (AvgIpc) is 3.37. The van der Waals surface area contributed by atoms with Crippen molar-refractivity contribution in [2.45, 2.75) is 106 Å². The number of nitrogens with zero attached hydrogens (tertiary/aromatic N) is 1. The van der Waals surface area contributed by atoms with Crippen molar-refractivity contribution in [3.05, 3.63) is 12.7 Å². The number of ketones is 1. The number of carbonyl (C=O) groups excluding carboxylic acids is 5. The summed E-state index contributed by atoms with van der Waals surface area (Å²) in [5.41, 5.74) is -0.242. The van der Waals surface area contributed by atoms with Crippen molar-refractivity contribution in [1.82, 2.24) is 26.2 Å². The number of likely N-dealkylation sites (N-methyl/N-ethyl adjacent to an activating group) is 2. The second-order valence-electron chi connectivity index (χ2n) is 9.75. The summed E-state index contributed by atoms with van der Waals surface area (Å²) >= 11 is 0. The molecule has 0 aromatic rings. The first-order chi connectivity index (χ1) is 19.3. The van der Waals surface area contributed by atoms with Gasteiger partial charge in [-0.2, -0.15) is 0 Å². The molecule has 3 amide bonds. The van der Waals surface area contributed by atoms with E-state index in [9.17, 15) is 24.0 Å². The van der Waals surface area contributed by atoms with Crippen molar-refractivity contribution in [3.63, 3.8) is 0 Å². The van der Waals surface area contributed by atoms with Crippen molar-refractivity contribution in [2.24, 2.45) is 5.41 Å². The van der Waals surface area contributed by atoms with Gasteiger partial charge in [-0.1, -0.05) is 61.0 Å². The summed E-state index contributed by atoms with van der Waals surface area (Å²) in [4.78, 5) is 53.8. The number of rotatable bonds is 10. The van der Waals surface area contributed by atoms with Crippen LogP contribution in [0.3, 0.4) is 0 Å². The highest BCUT2D eigenvalue weighted by atomic mass is 16.2. The molecule has 1 saturated heterocycles. The fraction of sp³-hybridized carbons (Fsp3) is 0.710. The molecule has 10 heteroatoms. The first-order valence-corrected chi connectivity index (χ1v) is 14.3. The summed E-state index contributed by atoms with van der Waals surface area (Å²) in [5, 5.41) is 10.2. The molecular weight excluding hydrogens is 522 g/mol. The number of hydrogen-bond acceptors (Lipinski definition) is 7. The maximum atomic E-state index is 10.8. The maximum Gasteiger partial charge on any atom is 0.315 e. The van der Waals surface area contributed by atoms with Crippen LogP contribution in [0.4, 0.5) is 4.79 Å². The topological polar surface area (TPSA) is 137 Å². The number of nitrogens with one attached hydrogen (secondary N) is 4. The number of amides is 3. The minimum absolute atomic E-state index is 0.0592. The van der Waals surface area contributed by atoms with E-state index in [0.717, 1.165) is 32.0 Å². The summed E-state index contributed by atoms with van der Waals surface area (Å²) in [7, 11) is 5.27. The molecule has 0 radical (unpaired) electrons. The van der Waals surface area contributed by atoms with Crippen LogP contribution in [0.5, 0.6) is 0 Å². The van der Waals surface area contributed by atoms with E-state index in [-0.39, 0.29) is 29.3 Å². The van der Waals surface area contributed by atoms with Gasteiger partial charge in [-0.3, -0.25) is 14.5 Å². The molecule has 4 N–H and O–H groups in total. The van der Waals surface area contributed by atoms with E-state index in [1.54, 1.807) is 20.0 Å². The van der Waals surface area contributed by atoms with Crippen LogP contribution in [0, 0.1) is 17.8 Å². The molecule has 1 heterocycles. The zero-order valence-electron chi connectivity index (χ0n) is 27.8. The standard InChI is InChI=1S/C8H16N2O2.C8H13NO.C6H11NO.C4H7NO.C3H8.C2H6/c1-8(2,3)6(5-11)10-7(12)9-4;1-4-5-6-8(9-3)7(2)10;1-7-4-2-3-6(7)5-8;1-2-3-5-4-6;1-3-2;1-2/h5-6H,1-4H3,(H2,9,10,12);1,8-9H,5-6H2,2-3H3;5-6H,2-4H2,1H3;2,4H,1,3H2,(H,5,6);3H2,1-2H3;1-2H3. The third-order valence-electron chi connectivity index (χ3n) is 5.08. The normalized spacial score (nSPS) is 14.4. The summed E-state index contributed by atoms with van der Waals surface area (Å²) in [6.45, 7) is 20.5. The Bertz CT molecular complexity index is 694. The van der Waals surface area contributed by atoms with E-state index in [2.05, 4.69) is 52.5 Å². The number of terminal acetylenes is 1. The van der Waals surface area contributed by atoms with Gasteiger partial charge in [-0.15, -0.1) is 18.9 Å². The van der Waals surface area contributed by atoms with Crippen molar-refractivity contribution in [1.29, 1.82) is 0 Å². The molecule has 0 spiro atoms. The number of urea groups is 1. The molecule has 240 valence electrons. The Balaban J connectivity index is -0.000000136. The van der Waals surface area contributed by atoms with E-state index < -0.39 is 6.04 Å². The molecule has 1 aliphatic rings. The Kier molecular flexibility index (Phi) is 40.8. The van der Waals surface area contributed by atoms with Gasteiger partial charge in [-0.25, -0.2) is 4.79 Å². The molecule has 0 bridgehead atoms. The SMILES string of the molecule is C#CCCC(NC)C(C)=O.C=CCNC=O.CC.CCC.CN1CCCC1C=O.CNC(=O)NC(C=O)C(C)(C)C. The average molecular weight is 584 g/mol. The van der Waals surface area contributed by atoms with E-state index in [1.807, 2.05) is 41.7 Å². The number of hydrogen-bond donors (Lipinski definition) is 4. The van der Waals surface area contributed by atoms with E-state index in [0.29, 0.717) is 19.4 Å². The monoisotopic (exact) mass is 583 g/mol. The lowest BCUT2D eigenvalue weighted by atomic mass is 9.88. The highest BCUT2D eigenvalue weighted by molar-refractivity contribution is 5.81. The van der Waals surface area contributed by atoms with Crippen LogP contribution in [0.25, 0.3) is 0 Å². The molecule has 10 nitrogen and oxygen atoms in total. The maximum absolute atomic E-state index is 10.8. The Morgan fingerprint density at radius 2 is 1.68 bits per heavy atom. The van der Waals surface area contributed by atoms with Gasteiger partial charge in [0.05, 0.1) is 18.1 Å². The van der Waals surface area contributed by atoms with Crippen LogP contribution in [-0.2, 0) is 19.2 Å². The lowest BCUT2D eigenvalue weighted by molar-refractivity contribution is -0.119. The molecule has 0 aromatic heterocycles. The zero-order chi connectivity index (χ0) is 33.3. The zero-order valence-corrected chi connectivity index (χ0v) is 27.8. The number of aldehydes is 2. The Morgan fingerprint density at radius 3 is 1.90 bits per heavy atom.